The van der Waals surface area contributed by atoms with E-state index in [2.05, 4.69) is 22.6 Å². The van der Waals surface area contributed by atoms with E-state index in [4.69, 9.17) is 0 Å². The standard InChI is InChI=1S/C15H21N3O2/c1-18-9-2-4-12-10-13(5-6-14(12)18)15(20)17-8-3-7-16-11-19/h5-6,10-11H,2-4,7-9H2,1H3,(H,16,19)(H,17,20). The molecule has 1 aliphatic heterocycles. The third kappa shape index (κ3) is 3.50. The van der Waals surface area contributed by atoms with Gasteiger partial charge in [0.05, 0.1) is 0 Å². The van der Waals surface area contributed by atoms with Crippen LogP contribution < -0.4 is 15.5 Å². The van der Waals surface area contributed by atoms with Crippen molar-refractivity contribution in [2.24, 2.45) is 0 Å². The summed E-state index contributed by atoms with van der Waals surface area (Å²) in [6.07, 6.45) is 3.57. The summed E-state index contributed by atoms with van der Waals surface area (Å²) in [6, 6.07) is 5.89. The predicted octanol–water partition coefficient (Wildman–Crippen LogP) is 0.935. The first-order valence-electron chi connectivity index (χ1n) is 7.01. The lowest BCUT2D eigenvalue weighted by Crippen LogP contribution is -2.28. The molecule has 5 nitrogen and oxygen atoms in total. The Morgan fingerprint density at radius 2 is 2.25 bits per heavy atom. The van der Waals surface area contributed by atoms with Crippen LogP contribution in [-0.4, -0.2) is 39.0 Å². The first-order chi connectivity index (χ1) is 9.72. The first kappa shape index (κ1) is 14.4. The molecule has 1 aliphatic rings. The van der Waals surface area contributed by atoms with E-state index in [-0.39, 0.29) is 5.91 Å². The summed E-state index contributed by atoms with van der Waals surface area (Å²) in [7, 11) is 2.08. The number of amides is 2. The SMILES string of the molecule is CN1CCCc2cc(C(=O)NCCCNC=O)ccc21. The van der Waals surface area contributed by atoms with Gasteiger partial charge in [0, 0.05) is 37.9 Å². The van der Waals surface area contributed by atoms with Gasteiger partial charge in [0.1, 0.15) is 0 Å². The number of benzene rings is 1. The first-order valence-corrected chi connectivity index (χ1v) is 7.01. The Bertz CT molecular complexity index is 488. The average Bonchev–Trinajstić information content (AvgIpc) is 2.47. The van der Waals surface area contributed by atoms with Crippen LogP contribution in [0.1, 0.15) is 28.8 Å². The number of nitrogens with zero attached hydrogens (tertiary/aromatic N) is 1. The highest BCUT2D eigenvalue weighted by Crippen LogP contribution is 2.26. The van der Waals surface area contributed by atoms with E-state index in [1.807, 2.05) is 18.2 Å². The van der Waals surface area contributed by atoms with Gasteiger partial charge in [-0.1, -0.05) is 0 Å². The zero-order chi connectivity index (χ0) is 14.4. The number of rotatable bonds is 6. The third-order valence-corrected chi connectivity index (χ3v) is 3.56. The maximum atomic E-state index is 12.0. The summed E-state index contributed by atoms with van der Waals surface area (Å²) in [6.45, 7) is 2.22. The Labute approximate surface area is 119 Å². The number of carbonyl (C=O) groups excluding carboxylic acids is 2. The molecule has 0 aliphatic carbocycles. The fraction of sp³-hybridized carbons (Fsp3) is 0.467. The van der Waals surface area contributed by atoms with E-state index < -0.39 is 0 Å². The van der Waals surface area contributed by atoms with Crippen molar-refractivity contribution in [3.63, 3.8) is 0 Å². The Balaban J connectivity index is 1.92. The molecule has 2 rings (SSSR count). The van der Waals surface area contributed by atoms with E-state index in [9.17, 15) is 9.59 Å². The number of anilines is 1. The average molecular weight is 275 g/mol. The molecule has 0 saturated heterocycles. The van der Waals surface area contributed by atoms with Crippen LogP contribution in [0.2, 0.25) is 0 Å². The highest BCUT2D eigenvalue weighted by Gasteiger charge is 2.15. The predicted molar refractivity (Wildman–Crippen MR) is 79.0 cm³/mol. The van der Waals surface area contributed by atoms with Crippen molar-refractivity contribution in [1.82, 2.24) is 10.6 Å². The van der Waals surface area contributed by atoms with Gasteiger partial charge in [-0.25, -0.2) is 0 Å². The molecule has 0 radical (unpaired) electrons. The zero-order valence-corrected chi connectivity index (χ0v) is 11.8. The highest BCUT2D eigenvalue weighted by atomic mass is 16.1. The van der Waals surface area contributed by atoms with Crippen LogP contribution in [0.25, 0.3) is 0 Å². The lowest BCUT2D eigenvalue weighted by atomic mass is 9.99. The summed E-state index contributed by atoms with van der Waals surface area (Å²) in [5.74, 6) is -0.0490. The van der Waals surface area contributed by atoms with Gasteiger partial charge in [0.2, 0.25) is 6.41 Å². The second kappa shape index (κ2) is 6.93. The van der Waals surface area contributed by atoms with Crippen LogP contribution in [0.4, 0.5) is 5.69 Å². The second-order valence-corrected chi connectivity index (χ2v) is 5.05. The number of nitrogens with one attached hydrogen (secondary N) is 2. The largest absolute Gasteiger partial charge is 0.374 e. The summed E-state index contributed by atoms with van der Waals surface area (Å²) < 4.78 is 0. The van der Waals surface area contributed by atoms with Crippen LogP contribution in [0.3, 0.4) is 0 Å². The van der Waals surface area contributed by atoms with E-state index >= 15 is 0 Å². The van der Waals surface area contributed by atoms with Gasteiger partial charge in [-0.15, -0.1) is 0 Å². The van der Waals surface area contributed by atoms with Gasteiger partial charge in [0.15, 0.2) is 0 Å². The van der Waals surface area contributed by atoms with Crippen molar-refractivity contribution in [2.75, 3.05) is 31.6 Å². The molecule has 2 amide bonds. The Morgan fingerprint density at radius 1 is 1.40 bits per heavy atom. The van der Waals surface area contributed by atoms with Gasteiger partial charge in [0.25, 0.3) is 5.91 Å². The molecule has 5 heteroatoms. The number of aryl methyl sites for hydroxylation is 1. The quantitative estimate of drug-likeness (QED) is 0.600. The minimum absolute atomic E-state index is 0.0490. The van der Waals surface area contributed by atoms with Crippen molar-refractivity contribution in [3.05, 3.63) is 29.3 Å². The van der Waals surface area contributed by atoms with Crippen LogP contribution >= 0.6 is 0 Å². The molecule has 1 heterocycles. The van der Waals surface area contributed by atoms with E-state index in [1.165, 1.54) is 11.3 Å². The second-order valence-electron chi connectivity index (χ2n) is 5.05. The molecule has 0 spiro atoms. The monoisotopic (exact) mass is 275 g/mol. The molecule has 0 saturated carbocycles. The Hall–Kier alpha value is -2.04. The molecule has 108 valence electrons. The smallest absolute Gasteiger partial charge is 0.251 e. The normalized spacial score (nSPS) is 13.6. The molecule has 2 N–H and O–H groups in total. The minimum Gasteiger partial charge on any atom is -0.374 e. The molecule has 0 bridgehead atoms. The number of hydrogen-bond acceptors (Lipinski definition) is 3. The molecule has 0 aromatic heterocycles. The van der Waals surface area contributed by atoms with Gasteiger partial charge in [-0.2, -0.15) is 0 Å². The van der Waals surface area contributed by atoms with Gasteiger partial charge < -0.3 is 15.5 Å². The van der Waals surface area contributed by atoms with E-state index in [1.54, 1.807) is 0 Å². The van der Waals surface area contributed by atoms with Crippen LogP contribution in [0.5, 0.6) is 0 Å². The van der Waals surface area contributed by atoms with E-state index in [0.717, 1.165) is 25.8 Å². The van der Waals surface area contributed by atoms with Crippen molar-refractivity contribution in [2.45, 2.75) is 19.3 Å². The van der Waals surface area contributed by atoms with Crippen molar-refractivity contribution >= 4 is 18.0 Å². The fourth-order valence-electron chi connectivity index (χ4n) is 2.48. The highest BCUT2D eigenvalue weighted by molar-refractivity contribution is 5.95. The van der Waals surface area contributed by atoms with Crippen LogP contribution in [0.15, 0.2) is 18.2 Å². The molecular weight excluding hydrogens is 254 g/mol. The lowest BCUT2D eigenvalue weighted by molar-refractivity contribution is -0.109. The van der Waals surface area contributed by atoms with Gasteiger partial charge >= 0.3 is 0 Å². The van der Waals surface area contributed by atoms with E-state index in [0.29, 0.717) is 25.1 Å². The molecule has 1 aromatic carbocycles. The summed E-state index contributed by atoms with van der Waals surface area (Å²) in [4.78, 5) is 24.3. The van der Waals surface area contributed by atoms with Crippen molar-refractivity contribution < 1.29 is 9.59 Å². The summed E-state index contributed by atoms with van der Waals surface area (Å²) in [5.41, 5.74) is 3.18. The molecule has 0 unspecified atom stereocenters. The summed E-state index contributed by atoms with van der Waals surface area (Å²) >= 11 is 0. The zero-order valence-electron chi connectivity index (χ0n) is 11.8. The molecular formula is C15H21N3O2. The van der Waals surface area contributed by atoms with Gasteiger partial charge in [-0.05, 0) is 43.0 Å². The maximum Gasteiger partial charge on any atom is 0.251 e. The maximum absolute atomic E-state index is 12.0. The summed E-state index contributed by atoms with van der Waals surface area (Å²) in [5, 5.41) is 5.44. The Morgan fingerprint density at radius 3 is 3.05 bits per heavy atom. The number of carbonyl (C=O) groups is 2. The van der Waals surface area contributed by atoms with Gasteiger partial charge in [-0.3, -0.25) is 9.59 Å². The molecule has 0 atom stereocenters. The number of hydrogen-bond donors (Lipinski definition) is 2. The minimum atomic E-state index is -0.0490. The van der Waals surface area contributed by atoms with Crippen LogP contribution in [0, 0.1) is 0 Å². The van der Waals surface area contributed by atoms with Crippen LogP contribution in [-0.2, 0) is 11.2 Å². The lowest BCUT2D eigenvalue weighted by Gasteiger charge is -2.27. The topological polar surface area (TPSA) is 61.4 Å². The molecule has 1 aromatic rings. The Kier molecular flexibility index (Phi) is 4.98. The van der Waals surface area contributed by atoms with Crippen molar-refractivity contribution in [3.8, 4) is 0 Å². The van der Waals surface area contributed by atoms with Crippen molar-refractivity contribution in [1.29, 1.82) is 0 Å². The fourth-order valence-corrected chi connectivity index (χ4v) is 2.48. The third-order valence-electron chi connectivity index (χ3n) is 3.56. The molecule has 20 heavy (non-hydrogen) atoms. The molecule has 0 fully saturated rings. The number of fused-ring (bicyclic) bond motifs is 1.